The van der Waals surface area contributed by atoms with Crippen LogP contribution in [-0.2, 0) is 4.79 Å². The van der Waals surface area contributed by atoms with E-state index >= 15 is 0 Å². The quantitative estimate of drug-likeness (QED) is 0.734. The summed E-state index contributed by atoms with van der Waals surface area (Å²) in [4.78, 5) is 28.7. The Hall–Kier alpha value is -1.85. The highest BCUT2D eigenvalue weighted by molar-refractivity contribution is 5.79. The van der Waals surface area contributed by atoms with Gasteiger partial charge in [-0.3, -0.25) is 4.79 Å². The molecule has 1 amide bonds. The third-order valence-corrected chi connectivity index (χ3v) is 5.77. The van der Waals surface area contributed by atoms with Crippen LogP contribution in [0.5, 0.6) is 0 Å². The Bertz CT molecular complexity index is 571. The predicted molar refractivity (Wildman–Crippen MR) is 110 cm³/mol. The molecule has 0 saturated carbocycles. The number of nitrogens with zero attached hydrogens (tertiary/aromatic N) is 5. The molecule has 0 N–H and O–H groups in total. The van der Waals surface area contributed by atoms with E-state index in [2.05, 4.69) is 38.5 Å². The van der Waals surface area contributed by atoms with Gasteiger partial charge in [-0.2, -0.15) is 0 Å². The lowest BCUT2D eigenvalue weighted by Crippen LogP contribution is -2.43. The van der Waals surface area contributed by atoms with E-state index in [1.165, 1.54) is 19.3 Å². The van der Waals surface area contributed by atoms with Crippen molar-refractivity contribution in [3.05, 3.63) is 12.4 Å². The van der Waals surface area contributed by atoms with Gasteiger partial charge >= 0.3 is 0 Å². The summed E-state index contributed by atoms with van der Waals surface area (Å²) >= 11 is 0. The Morgan fingerprint density at radius 1 is 0.963 bits per heavy atom. The molecule has 0 spiro atoms. The van der Waals surface area contributed by atoms with Crippen LogP contribution in [0.3, 0.4) is 0 Å². The number of carbonyl (C=O) groups excluding carboxylic acids is 1. The van der Waals surface area contributed by atoms with Gasteiger partial charge in [0.05, 0.1) is 18.1 Å². The molecule has 0 aliphatic carbocycles. The van der Waals surface area contributed by atoms with E-state index < -0.39 is 0 Å². The number of aromatic nitrogens is 2. The second kappa shape index (κ2) is 9.90. The van der Waals surface area contributed by atoms with Gasteiger partial charge in [0.1, 0.15) is 0 Å². The van der Waals surface area contributed by atoms with Crippen LogP contribution in [-0.4, -0.2) is 60.0 Å². The third kappa shape index (κ3) is 5.11. The van der Waals surface area contributed by atoms with E-state index in [-0.39, 0.29) is 5.92 Å². The maximum Gasteiger partial charge on any atom is 0.225 e. The third-order valence-electron chi connectivity index (χ3n) is 5.77. The lowest BCUT2D eigenvalue weighted by Gasteiger charge is -2.35. The zero-order chi connectivity index (χ0) is 19.1. The maximum absolute atomic E-state index is 12.8. The fraction of sp³-hybridized carbons (Fsp3) is 0.762. The highest BCUT2D eigenvalue weighted by atomic mass is 16.2. The molecular formula is C21H35N5O. The van der Waals surface area contributed by atoms with Crippen molar-refractivity contribution in [2.24, 2.45) is 5.92 Å². The highest BCUT2D eigenvalue weighted by Crippen LogP contribution is 2.25. The molecule has 150 valence electrons. The summed E-state index contributed by atoms with van der Waals surface area (Å²) in [7, 11) is 0. The number of rotatable bonds is 7. The van der Waals surface area contributed by atoms with Crippen LogP contribution in [0.15, 0.2) is 12.4 Å². The molecule has 6 nitrogen and oxygen atoms in total. The van der Waals surface area contributed by atoms with Crippen LogP contribution < -0.4 is 9.80 Å². The van der Waals surface area contributed by atoms with Crippen LogP contribution in [0.1, 0.15) is 58.8 Å². The Morgan fingerprint density at radius 3 is 2.11 bits per heavy atom. The molecule has 0 unspecified atom stereocenters. The van der Waals surface area contributed by atoms with Crippen LogP contribution >= 0.6 is 0 Å². The number of amides is 1. The molecule has 0 atom stereocenters. The molecule has 0 radical (unpaired) electrons. The number of hydrogen-bond donors (Lipinski definition) is 0. The lowest BCUT2D eigenvalue weighted by molar-refractivity contribution is -0.136. The Balaban J connectivity index is 1.53. The fourth-order valence-electron chi connectivity index (χ4n) is 4.25. The zero-order valence-electron chi connectivity index (χ0n) is 17.1. The number of anilines is 2. The molecule has 27 heavy (non-hydrogen) atoms. The van der Waals surface area contributed by atoms with Gasteiger partial charge in [0, 0.05) is 45.2 Å². The van der Waals surface area contributed by atoms with Gasteiger partial charge < -0.3 is 14.7 Å². The van der Waals surface area contributed by atoms with Crippen molar-refractivity contribution in [1.82, 2.24) is 14.9 Å². The van der Waals surface area contributed by atoms with Crippen LogP contribution in [0.2, 0.25) is 0 Å². The summed E-state index contributed by atoms with van der Waals surface area (Å²) in [6.07, 6.45) is 11.6. The average Bonchev–Trinajstić information content (AvgIpc) is 2.74. The van der Waals surface area contributed by atoms with Gasteiger partial charge in [0.25, 0.3) is 0 Å². The van der Waals surface area contributed by atoms with Crippen molar-refractivity contribution in [1.29, 1.82) is 0 Å². The fourth-order valence-corrected chi connectivity index (χ4v) is 4.25. The molecule has 2 saturated heterocycles. The van der Waals surface area contributed by atoms with Crippen molar-refractivity contribution in [3.8, 4) is 0 Å². The monoisotopic (exact) mass is 373 g/mol. The normalized spacial score (nSPS) is 18.6. The first-order valence-corrected chi connectivity index (χ1v) is 10.8. The first-order valence-electron chi connectivity index (χ1n) is 10.8. The van der Waals surface area contributed by atoms with E-state index in [1.54, 1.807) is 0 Å². The number of piperidine rings is 2. The van der Waals surface area contributed by atoms with Crippen molar-refractivity contribution < 1.29 is 4.79 Å². The number of hydrogen-bond acceptors (Lipinski definition) is 5. The minimum atomic E-state index is 0.174. The molecule has 0 aromatic carbocycles. The van der Waals surface area contributed by atoms with Gasteiger partial charge in [-0.05, 0) is 44.9 Å². The molecule has 2 aliphatic heterocycles. The standard InChI is InChI=1S/C21H35N5O/c1-3-10-25(11-4-2)20(27)18-8-14-24(15-9-18)19-16-22-21(23-17-19)26-12-6-5-7-13-26/h16-18H,3-15H2,1-2H3. The van der Waals surface area contributed by atoms with Gasteiger partial charge in [-0.1, -0.05) is 13.8 Å². The van der Waals surface area contributed by atoms with Gasteiger partial charge in [0.2, 0.25) is 11.9 Å². The summed E-state index contributed by atoms with van der Waals surface area (Å²) in [5.74, 6) is 1.39. The van der Waals surface area contributed by atoms with E-state index in [4.69, 9.17) is 0 Å². The van der Waals surface area contributed by atoms with Gasteiger partial charge in [-0.25, -0.2) is 9.97 Å². The molecule has 3 rings (SSSR count). The summed E-state index contributed by atoms with van der Waals surface area (Å²) in [5.41, 5.74) is 1.08. The Labute approximate surface area is 164 Å². The largest absolute Gasteiger partial charge is 0.369 e. The maximum atomic E-state index is 12.8. The average molecular weight is 374 g/mol. The molecule has 1 aromatic heterocycles. The minimum absolute atomic E-state index is 0.174. The summed E-state index contributed by atoms with van der Waals surface area (Å²) in [6, 6.07) is 0. The molecule has 0 bridgehead atoms. The second-order valence-corrected chi connectivity index (χ2v) is 7.88. The summed E-state index contributed by atoms with van der Waals surface area (Å²) in [6.45, 7) is 10.0. The summed E-state index contributed by atoms with van der Waals surface area (Å²) < 4.78 is 0. The van der Waals surface area contributed by atoms with E-state index in [0.29, 0.717) is 5.91 Å². The Morgan fingerprint density at radius 2 is 1.56 bits per heavy atom. The van der Waals surface area contributed by atoms with Crippen molar-refractivity contribution in [2.45, 2.75) is 58.8 Å². The van der Waals surface area contributed by atoms with Crippen molar-refractivity contribution >= 4 is 17.5 Å². The smallest absolute Gasteiger partial charge is 0.225 e. The van der Waals surface area contributed by atoms with E-state index in [9.17, 15) is 4.79 Å². The topological polar surface area (TPSA) is 52.6 Å². The van der Waals surface area contributed by atoms with E-state index in [0.717, 1.165) is 76.6 Å². The van der Waals surface area contributed by atoms with Crippen LogP contribution in [0.4, 0.5) is 11.6 Å². The SMILES string of the molecule is CCCN(CCC)C(=O)C1CCN(c2cnc(N3CCCCC3)nc2)CC1. The van der Waals surface area contributed by atoms with Crippen molar-refractivity contribution in [3.63, 3.8) is 0 Å². The summed E-state index contributed by atoms with van der Waals surface area (Å²) in [5, 5.41) is 0. The molecule has 2 fully saturated rings. The predicted octanol–water partition coefficient (Wildman–Crippen LogP) is 3.33. The van der Waals surface area contributed by atoms with Gasteiger partial charge in [-0.15, -0.1) is 0 Å². The minimum Gasteiger partial charge on any atom is -0.369 e. The molecule has 6 heteroatoms. The molecule has 1 aromatic rings. The second-order valence-electron chi connectivity index (χ2n) is 7.88. The van der Waals surface area contributed by atoms with Crippen LogP contribution in [0.25, 0.3) is 0 Å². The van der Waals surface area contributed by atoms with Crippen LogP contribution in [0, 0.1) is 5.92 Å². The first-order chi connectivity index (χ1) is 13.2. The zero-order valence-corrected chi connectivity index (χ0v) is 17.1. The molecule has 2 aliphatic rings. The molecule has 3 heterocycles. The Kier molecular flexibility index (Phi) is 7.30. The van der Waals surface area contributed by atoms with E-state index in [1.807, 2.05) is 12.4 Å². The van der Waals surface area contributed by atoms with Gasteiger partial charge in [0.15, 0.2) is 0 Å². The first kappa shape index (κ1) is 19.9. The lowest BCUT2D eigenvalue weighted by atomic mass is 9.95. The van der Waals surface area contributed by atoms with Crippen molar-refractivity contribution in [2.75, 3.05) is 49.1 Å². The highest BCUT2D eigenvalue weighted by Gasteiger charge is 2.28. The number of carbonyl (C=O) groups is 1. The molecular weight excluding hydrogens is 338 g/mol.